The van der Waals surface area contributed by atoms with Crippen LogP contribution < -0.4 is 4.90 Å². The van der Waals surface area contributed by atoms with Crippen LogP contribution in [0.4, 0.5) is 5.95 Å². The second kappa shape index (κ2) is 6.61. The van der Waals surface area contributed by atoms with Crippen LogP contribution in [0.2, 0.25) is 0 Å². The smallest absolute Gasteiger partial charge is 0.320 e. The molecule has 1 unspecified atom stereocenters. The second-order valence-electron chi connectivity index (χ2n) is 5.42. The highest BCUT2D eigenvalue weighted by Gasteiger charge is 2.30. The Balaban J connectivity index is 2.27. The van der Waals surface area contributed by atoms with E-state index in [0.717, 1.165) is 0 Å². The first-order chi connectivity index (χ1) is 10.7. The van der Waals surface area contributed by atoms with Gasteiger partial charge in [0.25, 0.3) is 0 Å². The maximum atomic E-state index is 11.8. The lowest BCUT2D eigenvalue weighted by atomic mass is 9.96. The van der Waals surface area contributed by atoms with Gasteiger partial charge in [-0.15, -0.1) is 0 Å². The summed E-state index contributed by atoms with van der Waals surface area (Å²) in [4.78, 5) is 33.8. The van der Waals surface area contributed by atoms with Crippen molar-refractivity contribution in [2.75, 3.05) is 36.6 Å². The number of ether oxygens (including phenoxy) is 1. The Kier molecular flexibility index (Phi) is 4.98. The van der Waals surface area contributed by atoms with E-state index >= 15 is 0 Å². The number of sulfone groups is 1. The molecular weight excluding hydrogens is 322 g/mol. The number of hydrogen-bond donors (Lipinski definition) is 0. The maximum Gasteiger partial charge on any atom is 0.320 e. The summed E-state index contributed by atoms with van der Waals surface area (Å²) >= 11 is 0. The highest BCUT2D eigenvalue weighted by molar-refractivity contribution is 7.91. The number of hydrogen-bond acceptors (Lipinski definition) is 8. The van der Waals surface area contributed by atoms with E-state index in [4.69, 9.17) is 0 Å². The van der Waals surface area contributed by atoms with Crippen LogP contribution in [0.15, 0.2) is 6.20 Å². The molecule has 0 amide bonds. The van der Waals surface area contributed by atoms with Gasteiger partial charge in [-0.05, 0) is 13.8 Å². The predicted octanol–water partition coefficient (Wildman–Crippen LogP) is -0.135. The molecule has 0 radical (unpaired) electrons. The molecule has 1 aromatic rings. The minimum absolute atomic E-state index is 0.0649. The summed E-state index contributed by atoms with van der Waals surface area (Å²) in [7, 11) is -1.77. The van der Waals surface area contributed by atoms with Gasteiger partial charge in [0.2, 0.25) is 5.95 Å². The number of ketones is 1. The van der Waals surface area contributed by atoms with Crippen LogP contribution in [0.3, 0.4) is 0 Å². The van der Waals surface area contributed by atoms with Crippen LogP contribution in [0, 0.1) is 6.92 Å². The van der Waals surface area contributed by atoms with Crippen molar-refractivity contribution < 1.29 is 22.7 Å². The van der Waals surface area contributed by atoms with Crippen molar-refractivity contribution in [3.63, 3.8) is 0 Å². The van der Waals surface area contributed by atoms with Crippen LogP contribution >= 0.6 is 0 Å². The summed E-state index contributed by atoms with van der Waals surface area (Å²) in [5, 5.41) is 0. The lowest BCUT2D eigenvalue weighted by Crippen LogP contribution is -2.41. The zero-order valence-electron chi connectivity index (χ0n) is 13.3. The summed E-state index contributed by atoms with van der Waals surface area (Å²) in [6.07, 6.45) is 1.43. The van der Waals surface area contributed by atoms with E-state index in [1.165, 1.54) is 20.2 Å². The molecule has 8 nitrogen and oxygen atoms in total. The molecule has 1 aliphatic heterocycles. The number of carbonyl (C=O) groups is 2. The van der Waals surface area contributed by atoms with Gasteiger partial charge < -0.3 is 9.64 Å². The van der Waals surface area contributed by atoms with Gasteiger partial charge in [0, 0.05) is 30.5 Å². The third-order valence-electron chi connectivity index (χ3n) is 3.79. The molecular formula is C14H19N3O5S. The van der Waals surface area contributed by atoms with Gasteiger partial charge in [-0.2, -0.15) is 0 Å². The zero-order chi connectivity index (χ0) is 17.2. The average molecular weight is 341 g/mol. The van der Waals surface area contributed by atoms with Crippen molar-refractivity contribution in [1.29, 1.82) is 0 Å². The van der Waals surface area contributed by atoms with Crippen LogP contribution in [-0.2, 0) is 24.2 Å². The van der Waals surface area contributed by atoms with E-state index in [2.05, 4.69) is 14.7 Å². The fraction of sp³-hybridized carbons (Fsp3) is 0.571. The summed E-state index contributed by atoms with van der Waals surface area (Å²) < 4.78 is 27.6. The van der Waals surface area contributed by atoms with Crippen molar-refractivity contribution in [3.8, 4) is 0 Å². The number of carbonyl (C=O) groups excluding carboxylic acids is 2. The third kappa shape index (κ3) is 3.84. The number of aromatic nitrogens is 2. The lowest BCUT2D eigenvalue weighted by Gasteiger charge is -2.27. The molecule has 1 aromatic heterocycles. The Morgan fingerprint density at radius 2 is 1.91 bits per heavy atom. The van der Waals surface area contributed by atoms with Gasteiger partial charge in [0.1, 0.15) is 11.7 Å². The molecule has 2 heterocycles. The topological polar surface area (TPSA) is 107 Å². The van der Waals surface area contributed by atoms with E-state index in [9.17, 15) is 18.0 Å². The van der Waals surface area contributed by atoms with Crippen LogP contribution in [0.25, 0.3) is 0 Å². The number of anilines is 1. The molecule has 0 saturated carbocycles. The molecule has 23 heavy (non-hydrogen) atoms. The number of aryl methyl sites for hydroxylation is 1. The largest absolute Gasteiger partial charge is 0.468 e. The average Bonchev–Trinajstić information content (AvgIpc) is 2.48. The highest BCUT2D eigenvalue weighted by atomic mass is 32.2. The van der Waals surface area contributed by atoms with Crippen LogP contribution in [0.5, 0.6) is 0 Å². The molecule has 1 fully saturated rings. The summed E-state index contributed by atoms with van der Waals surface area (Å²) in [5.74, 6) is -1.52. The highest BCUT2D eigenvalue weighted by Crippen LogP contribution is 2.23. The van der Waals surface area contributed by atoms with E-state index in [1.54, 1.807) is 11.8 Å². The number of nitrogens with zero attached hydrogens (tertiary/aromatic N) is 3. The summed E-state index contributed by atoms with van der Waals surface area (Å²) in [5.41, 5.74) is 0.895. The maximum absolute atomic E-state index is 11.8. The quantitative estimate of drug-likeness (QED) is 0.550. The standard InChI is InChI=1S/C14H19N3O5S/c1-9-11(12(10(2)18)13(19)22-3)8-15-14(16-9)17-4-6-23(20,21)7-5-17/h8,12H,4-7H2,1-3H3. The van der Waals surface area contributed by atoms with E-state index < -0.39 is 21.7 Å². The third-order valence-corrected chi connectivity index (χ3v) is 5.40. The van der Waals surface area contributed by atoms with E-state index in [-0.39, 0.29) is 17.3 Å². The van der Waals surface area contributed by atoms with Crippen molar-refractivity contribution in [1.82, 2.24) is 9.97 Å². The van der Waals surface area contributed by atoms with Crippen molar-refractivity contribution >= 4 is 27.5 Å². The Labute approximate surface area is 134 Å². The Bertz CT molecular complexity index is 718. The van der Waals surface area contributed by atoms with Crippen LogP contribution in [0.1, 0.15) is 24.1 Å². The number of Topliss-reactive ketones (excluding diaryl/α,β-unsaturated/α-hetero) is 1. The molecule has 2 rings (SSSR count). The SMILES string of the molecule is COC(=O)C(C(C)=O)c1cnc(N2CCS(=O)(=O)CC2)nc1C. The summed E-state index contributed by atoms with van der Waals surface area (Å²) in [6.45, 7) is 3.65. The molecule has 126 valence electrons. The normalized spacial score (nSPS) is 18.3. The molecule has 9 heteroatoms. The van der Waals surface area contributed by atoms with Gasteiger partial charge in [-0.25, -0.2) is 18.4 Å². The van der Waals surface area contributed by atoms with Crippen molar-refractivity contribution in [2.24, 2.45) is 0 Å². The van der Waals surface area contributed by atoms with E-state index in [1.807, 2.05) is 0 Å². The molecule has 0 aromatic carbocycles. The fourth-order valence-electron chi connectivity index (χ4n) is 2.44. The van der Waals surface area contributed by atoms with Gasteiger partial charge >= 0.3 is 5.97 Å². The first-order valence-corrected chi connectivity index (χ1v) is 8.94. The minimum Gasteiger partial charge on any atom is -0.468 e. The number of rotatable bonds is 4. The zero-order valence-corrected chi connectivity index (χ0v) is 14.1. The predicted molar refractivity (Wildman–Crippen MR) is 83.1 cm³/mol. The Hall–Kier alpha value is -2.03. The lowest BCUT2D eigenvalue weighted by molar-refractivity contribution is -0.145. The number of methoxy groups -OCH3 is 1. The molecule has 0 spiro atoms. The first kappa shape index (κ1) is 17.3. The molecule has 0 bridgehead atoms. The van der Waals surface area contributed by atoms with Gasteiger partial charge in [-0.1, -0.05) is 0 Å². The van der Waals surface area contributed by atoms with Gasteiger partial charge in [0.05, 0.1) is 18.6 Å². The Morgan fingerprint density at radius 3 is 2.39 bits per heavy atom. The van der Waals surface area contributed by atoms with Gasteiger partial charge in [0.15, 0.2) is 9.84 Å². The number of esters is 1. The first-order valence-electron chi connectivity index (χ1n) is 7.12. The molecule has 0 N–H and O–H groups in total. The van der Waals surface area contributed by atoms with Crippen molar-refractivity contribution in [2.45, 2.75) is 19.8 Å². The van der Waals surface area contributed by atoms with Crippen LogP contribution in [-0.4, -0.2) is 61.8 Å². The molecule has 1 saturated heterocycles. The minimum atomic E-state index is -2.98. The summed E-state index contributed by atoms with van der Waals surface area (Å²) in [6, 6.07) is 0. The van der Waals surface area contributed by atoms with Gasteiger partial charge in [-0.3, -0.25) is 9.59 Å². The van der Waals surface area contributed by atoms with Crippen molar-refractivity contribution in [3.05, 3.63) is 17.5 Å². The second-order valence-corrected chi connectivity index (χ2v) is 7.72. The fourth-order valence-corrected chi connectivity index (χ4v) is 3.64. The monoisotopic (exact) mass is 341 g/mol. The van der Waals surface area contributed by atoms with E-state index in [0.29, 0.717) is 30.3 Å². The molecule has 0 aliphatic carbocycles. The Morgan fingerprint density at radius 1 is 1.30 bits per heavy atom. The molecule has 1 aliphatic rings. The molecule has 1 atom stereocenters.